The zero-order valence-electron chi connectivity index (χ0n) is 20.4. The van der Waals surface area contributed by atoms with Crippen molar-refractivity contribution in [2.75, 3.05) is 0 Å². The number of thiophene rings is 2. The molecule has 1 nitrogen and oxygen atoms in total. The van der Waals surface area contributed by atoms with Crippen molar-refractivity contribution in [2.24, 2.45) is 0 Å². The molecule has 3 unspecified atom stereocenters. The number of hydrogen-bond acceptors (Lipinski definition) is 3. The minimum Gasteiger partial charge on any atom is -0.304 e. The van der Waals surface area contributed by atoms with Crippen LogP contribution in [0.25, 0.3) is 5.57 Å². The van der Waals surface area contributed by atoms with Gasteiger partial charge in [0.25, 0.3) is 0 Å². The summed E-state index contributed by atoms with van der Waals surface area (Å²) in [5.41, 5.74) is 1.55. The summed E-state index contributed by atoms with van der Waals surface area (Å²) in [5, 5.41) is 3.99. The highest BCUT2D eigenvalue weighted by atomic mass is 79.9. The van der Waals surface area contributed by atoms with Crippen LogP contribution in [0.3, 0.4) is 0 Å². The van der Waals surface area contributed by atoms with E-state index in [4.69, 9.17) is 0 Å². The van der Waals surface area contributed by atoms with Crippen molar-refractivity contribution in [3.05, 3.63) is 47.7 Å². The minimum atomic E-state index is 0.524. The van der Waals surface area contributed by atoms with Gasteiger partial charge >= 0.3 is 0 Å². The first-order chi connectivity index (χ1) is 16.1. The minimum absolute atomic E-state index is 0.524. The van der Waals surface area contributed by atoms with Gasteiger partial charge < -0.3 is 5.32 Å². The van der Waals surface area contributed by atoms with Crippen LogP contribution >= 0.6 is 54.5 Å². The molecule has 2 aromatic heterocycles. The quantitative estimate of drug-likeness (QED) is 0.185. The Hall–Kier alpha value is 0.0600. The highest BCUT2D eigenvalue weighted by Gasteiger charge is 2.26. The maximum Gasteiger partial charge on any atom is 0.0704 e. The molecule has 33 heavy (non-hydrogen) atoms. The standard InChI is InChI=1S/C28H41Br2NS2/c1-3-5-6-7-8-11-14-22-20-23(26-17-19-28(30)33-26)24(31-22)15-12-9-10-13-21(4-2)25-16-18-27(29)32-25/h16-22,24,31H,3-15H2,1-2H3. The zero-order chi connectivity index (χ0) is 23.5. The van der Waals surface area contributed by atoms with Crippen LogP contribution < -0.4 is 5.32 Å². The Morgan fingerprint density at radius 1 is 0.818 bits per heavy atom. The van der Waals surface area contributed by atoms with Gasteiger partial charge in [0.15, 0.2) is 0 Å². The van der Waals surface area contributed by atoms with Crippen molar-refractivity contribution >= 4 is 60.1 Å². The van der Waals surface area contributed by atoms with E-state index in [0.717, 1.165) is 5.92 Å². The predicted molar refractivity (Wildman–Crippen MR) is 157 cm³/mol. The van der Waals surface area contributed by atoms with Crippen LogP contribution in [0.2, 0.25) is 0 Å². The lowest BCUT2D eigenvalue weighted by Gasteiger charge is -2.18. The number of hydrogen-bond donors (Lipinski definition) is 1. The lowest BCUT2D eigenvalue weighted by atomic mass is 9.95. The highest BCUT2D eigenvalue weighted by Crippen LogP contribution is 2.36. The summed E-state index contributed by atoms with van der Waals surface area (Å²) >= 11 is 11.1. The molecule has 0 saturated carbocycles. The average Bonchev–Trinajstić information content (AvgIpc) is 3.53. The van der Waals surface area contributed by atoms with Gasteiger partial charge in [-0.05, 0) is 93.3 Å². The van der Waals surface area contributed by atoms with Crippen LogP contribution in [0.1, 0.15) is 113 Å². The molecule has 184 valence electrons. The predicted octanol–water partition coefficient (Wildman–Crippen LogP) is 11.0. The van der Waals surface area contributed by atoms with Crippen LogP contribution in [-0.2, 0) is 0 Å². The lowest BCUT2D eigenvalue weighted by molar-refractivity contribution is 0.471. The second-order valence-corrected chi connectivity index (χ2v) is 14.5. The fraction of sp³-hybridized carbons (Fsp3) is 0.643. The molecular formula is C28H41Br2NS2. The van der Waals surface area contributed by atoms with E-state index in [1.165, 1.54) is 95.9 Å². The molecule has 5 heteroatoms. The van der Waals surface area contributed by atoms with Crippen LogP contribution in [-0.4, -0.2) is 12.1 Å². The molecular weight excluding hydrogens is 574 g/mol. The van der Waals surface area contributed by atoms with Crippen molar-refractivity contribution in [3.63, 3.8) is 0 Å². The molecule has 3 rings (SSSR count). The molecule has 0 aliphatic carbocycles. The molecule has 3 atom stereocenters. The molecule has 0 fully saturated rings. The van der Waals surface area contributed by atoms with Gasteiger partial charge in [-0.15, -0.1) is 22.7 Å². The topological polar surface area (TPSA) is 12.0 Å². The maximum atomic E-state index is 3.99. The van der Waals surface area contributed by atoms with Crippen LogP contribution in [0.4, 0.5) is 0 Å². The zero-order valence-corrected chi connectivity index (χ0v) is 25.2. The Balaban J connectivity index is 1.44. The van der Waals surface area contributed by atoms with Gasteiger partial charge in [-0.25, -0.2) is 0 Å². The third kappa shape index (κ3) is 9.22. The summed E-state index contributed by atoms with van der Waals surface area (Å²) in [7, 11) is 0. The summed E-state index contributed by atoms with van der Waals surface area (Å²) in [6.45, 7) is 4.63. The molecule has 0 amide bonds. The van der Waals surface area contributed by atoms with Gasteiger partial charge in [-0.3, -0.25) is 0 Å². The van der Waals surface area contributed by atoms with Crippen molar-refractivity contribution < 1.29 is 0 Å². The van der Waals surface area contributed by atoms with Gasteiger partial charge in [0, 0.05) is 21.8 Å². The summed E-state index contributed by atoms with van der Waals surface area (Å²) in [5.74, 6) is 0.728. The SMILES string of the molecule is CCCCCCCCC1C=C(c2ccc(Br)s2)C(CCCCCC(CC)c2ccc(Br)s2)N1. The van der Waals surface area contributed by atoms with Crippen molar-refractivity contribution in [3.8, 4) is 0 Å². The smallest absolute Gasteiger partial charge is 0.0704 e. The first-order valence-corrected chi connectivity index (χ1v) is 16.3. The van der Waals surface area contributed by atoms with Gasteiger partial charge in [-0.1, -0.05) is 77.7 Å². The molecule has 0 radical (unpaired) electrons. The molecule has 1 aliphatic rings. The second kappa shape index (κ2) is 15.2. The summed E-state index contributed by atoms with van der Waals surface area (Å²) in [4.78, 5) is 2.99. The number of unbranched alkanes of at least 4 members (excludes halogenated alkanes) is 7. The molecule has 2 aromatic rings. The first kappa shape index (κ1) is 27.6. The maximum absolute atomic E-state index is 3.99. The number of rotatable bonds is 16. The number of halogens is 2. The fourth-order valence-corrected chi connectivity index (χ4v) is 8.12. The van der Waals surface area contributed by atoms with E-state index >= 15 is 0 Å². The van der Waals surface area contributed by atoms with Crippen molar-refractivity contribution in [1.82, 2.24) is 5.32 Å². The summed E-state index contributed by atoms with van der Waals surface area (Å²) in [6, 6.07) is 10.1. The van der Waals surface area contributed by atoms with E-state index in [-0.39, 0.29) is 0 Å². The largest absolute Gasteiger partial charge is 0.304 e. The molecule has 0 spiro atoms. The van der Waals surface area contributed by atoms with Gasteiger partial charge in [0.2, 0.25) is 0 Å². The Morgan fingerprint density at radius 2 is 1.52 bits per heavy atom. The normalized spacial score (nSPS) is 19.2. The van der Waals surface area contributed by atoms with E-state index < -0.39 is 0 Å². The Kier molecular flexibility index (Phi) is 12.8. The lowest BCUT2D eigenvalue weighted by Crippen LogP contribution is -2.31. The highest BCUT2D eigenvalue weighted by molar-refractivity contribution is 9.11. The molecule has 3 heterocycles. The monoisotopic (exact) mass is 613 g/mol. The average molecular weight is 616 g/mol. The van der Waals surface area contributed by atoms with Crippen LogP contribution in [0, 0.1) is 0 Å². The fourth-order valence-electron chi connectivity index (χ4n) is 5.01. The molecule has 0 saturated heterocycles. The Labute approximate surface area is 227 Å². The molecule has 0 aromatic carbocycles. The van der Waals surface area contributed by atoms with Crippen molar-refractivity contribution in [1.29, 1.82) is 0 Å². The molecule has 1 N–H and O–H groups in total. The van der Waals surface area contributed by atoms with E-state index in [1.54, 1.807) is 10.5 Å². The molecule has 0 bridgehead atoms. The van der Waals surface area contributed by atoms with E-state index in [0.29, 0.717) is 12.1 Å². The van der Waals surface area contributed by atoms with Crippen LogP contribution in [0.5, 0.6) is 0 Å². The van der Waals surface area contributed by atoms with Gasteiger partial charge in [0.1, 0.15) is 0 Å². The van der Waals surface area contributed by atoms with E-state index in [1.807, 2.05) is 22.7 Å². The first-order valence-electron chi connectivity index (χ1n) is 13.1. The Bertz CT molecular complexity index is 841. The van der Waals surface area contributed by atoms with Gasteiger partial charge in [0.05, 0.1) is 7.57 Å². The third-order valence-corrected chi connectivity index (χ3v) is 10.4. The van der Waals surface area contributed by atoms with Crippen LogP contribution in [0.15, 0.2) is 37.9 Å². The number of nitrogens with one attached hydrogen (secondary N) is 1. The summed E-state index contributed by atoms with van der Waals surface area (Å²) in [6.07, 6.45) is 19.9. The summed E-state index contributed by atoms with van der Waals surface area (Å²) < 4.78 is 2.50. The second-order valence-electron chi connectivity index (χ2n) is 9.49. The Morgan fingerprint density at radius 3 is 2.21 bits per heavy atom. The third-order valence-electron chi connectivity index (χ3n) is 6.93. The molecule has 1 aliphatic heterocycles. The van der Waals surface area contributed by atoms with Crippen molar-refractivity contribution in [2.45, 2.75) is 115 Å². The van der Waals surface area contributed by atoms with E-state index in [9.17, 15) is 0 Å². The van der Waals surface area contributed by atoms with E-state index in [2.05, 4.69) is 81.4 Å². The van der Waals surface area contributed by atoms with Gasteiger partial charge in [-0.2, -0.15) is 0 Å².